The third-order valence-corrected chi connectivity index (χ3v) is 5.59. The topological polar surface area (TPSA) is 64.7 Å². The molecule has 3 aromatic rings. The molecule has 0 saturated carbocycles. The van der Waals surface area contributed by atoms with Crippen LogP contribution in [-0.4, -0.2) is 50.8 Å². The monoisotopic (exact) mass is 409 g/mol. The van der Waals surface area contributed by atoms with E-state index in [2.05, 4.69) is 31.6 Å². The van der Waals surface area contributed by atoms with Gasteiger partial charge in [-0.25, -0.2) is 4.39 Å². The predicted molar refractivity (Wildman–Crippen MR) is 120 cm³/mol. The van der Waals surface area contributed by atoms with Gasteiger partial charge in [0.25, 0.3) is 0 Å². The number of hydrogen-bond acceptors (Lipinski definition) is 3. The number of H-pyrrole nitrogens is 1. The molecule has 1 saturated heterocycles. The SMILES string of the molecule is CN=C(NCCc1c[nH]c2ccc(F)cc12)NC1CCN(c2ccccc2OC)C1. The van der Waals surface area contributed by atoms with Gasteiger partial charge in [0.15, 0.2) is 5.96 Å². The van der Waals surface area contributed by atoms with Crippen molar-refractivity contribution in [3.63, 3.8) is 0 Å². The summed E-state index contributed by atoms with van der Waals surface area (Å²) >= 11 is 0. The Balaban J connectivity index is 1.30. The van der Waals surface area contributed by atoms with Crippen molar-refractivity contribution in [2.24, 2.45) is 4.99 Å². The van der Waals surface area contributed by atoms with Crippen LogP contribution in [0.15, 0.2) is 53.7 Å². The van der Waals surface area contributed by atoms with E-state index in [-0.39, 0.29) is 5.82 Å². The summed E-state index contributed by atoms with van der Waals surface area (Å²) in [6, 6.07) is 13.3. The number of anilines is 1. The van der Waals surface area contributed by atoms with Crippen molar-refractivity contribution in [2.45, 2.75) is 18.9 Å². The van der Waals surface area contributed by atoms with Gasteiger partial charge in [-0.3, -0.25) is 4.99 Å². The normalized spacial score (nSPS) is 16.8. The molecule has 2 aromatic carbocycles. The molecule has 0 amide bonds. The van der Waals surface area contributed by atoms with E-state index >= 15 is 0 Å². The first-order valence-electron chi connectivity index (χ1n) is 10.3. The van der Waals surface area contributed by atoms with E-state index in [4.69, 9.17) is 4.74 Å². The van der Waals surface area contributed by atoms with Gasteiger partial charge in [-0.2, -0.15) is 0 Å². The Hall–Kier alpha value is -3.22. The highest BCUT2D eigenvalue weighted by atomic mass is 19.1. The van der Waals surface area contributed by atoms with Gasteiger partial charge < -0.3 is 25.3 Å². The molecule has 1 aliphatic heterocycles. The number of nitrogens with one attached hydrogen (secondary N) is 3. The fourth-order valence-electron chi connectivity index (χ4n) is 4.05. The first-order chi connectivity index (χ1) is 14.7. The third kappa shape index (κ3) is 4.35. The molecule has 0 radical (unpaired) electrons. The number of fused-ring (bicyclic) bond motifs is 1. The number of methoxy groups -OCH3 is 1. The predicted octanol–water partition coefficient (Wildman–Crippen LogP) is 3.30. The summed E-state index contributed by atoms with van der Waals surface area (Å²) in [4.78, 5) is 9.90. The van der Waals surface area contributed by atoms with E-state index in [9.17, 15) is 4.39 Å². The molecule has 158 valence electrons. The van der Waals surface area contributed by atoms with Crippen molar-refractivity contribution in [3.8, 4) is 5.75 Å². The lowest BCUT2D eigenvalue weighted by Crippen LogP contribution is -2.45. The molecular weight excluding hydrogens is 381 g/mol. The van der Waals surface area contributed by atoms with E-state index in [0.717, 1.165) is 59.8 Å². The average Bonchev–Trinajstić information content (AvgIpc) is 3.40. The molecule has 1 fully saturated rings. The minimum absolute atomic E-state index is 0.213. The summed E-state index contributed by atoms with van der Waals surface area (Å²) in [6.45, 7) is 2.57. The summed E-state index contributed by atoms with van der Waals surface area (Å²) in [5.74, 6) is 1.47. The zero-order valence-corrected chi connectivity index (χ0v) is 17.4. The molecule has 6 nitrogen and oxygen atoms in total. The molecule has 1 aromatic heterocycles. The number of nitrogens with zero attached hydrogens (tertiary/aromatic N) is 2. The number of rotatable bonds is 6. The van der Waals surface area contributed by atoms with Crippen LogP contribution in [0, 0.1) is 5.82 Å². The fourth-order valence-corrected chi connectivity index (χ4v) is 4.05. The first-order valence-corrected chi connectivity index (χ1v) is 10.3. The summed E-state index contributed by atoms with van der Waals surface area (Å²) in [5.41, 5.74) is 3.17. The van der Waals surface area contributed by atoms with E-state index in [1.54, 1.807) is 26.3 Å². The van der Waals surface area contributed by atoms with Crippen LogP contribution in [-0.2, 0) is 6.42 Å². The molecule has 4 rings (SSSR count). The van der Waals surface area contributed by atoms with Crippen molar-refractivity contribution in [1.29, 1.82) is 0 Å². The smallest absolute Gasteiger partial charge is 0.191 e. The molecule has 3 N–H and O–H groups in total. The molecule has 0 spiro atoms. The Kier molecular flexibility index (Phi) is 6.07. The fraction of sp³-hybridized carbons (Fsp3) is 0.348. The van der Waals surface area contributed by atoms with E-state index < -0.39 is 0 Å². The molecule has 0 aliphatic carbocycles. The van der Waals surface area contributed by atoms with Crippen molar-refractivity contribution in [1.82, 2.24) is 15.6 Å². The Morgan fingerprint density at radius 3 is 3.00 bits per heavy atom. The van der Waals surface area contributed by atoms with Crippen LogP contribution >= 0.6 is 0 Å². The molecule has 2 heterocycles. The van der Waals surface area contributed by atoms with Crippen LogP contribution in [0.3, 0.4) is 0 Å². The number of hydrogen-bond donors (Lipinski definition) is 3. The molecule has 1 unspecified atom stereocenters. The van der Waals surface area contributed by atoms with Gasteiger partial charge in [-0.15, -0.1) is 0 Å². The van der Waals surface area contributed by atoms with Crippen molar-refractivity contribution < 1.29 is 9.13 Å². The number of aliphatic imine (C=N–C) groups is 1. The molecule has 1 atom stereocenters. The van der Waals surface area contributed by atoms with Gasteiger partial charge in [0, 0.05) is 49.8 Å². The molecule has 1 aliphatic rings. The van der Waals surface area contributed by atoms with Crippen LogP contribution < -0.4 is 20.3 Å². The van der Waals surface area contributed by atoms with Crippen LogP contribution in [0.25, 0.3) is 10.9 Å². The molecular formula is C23H28FN5O. The van der Waals surface area contributed by atoms with Gasteiger partial charge in [0.05, 0.1) is 12.8 Å². The number of guanidine groups is 1. The van der Waals surface area contributed by atoms with Gasteiger partial charge in [0.1, 0.15) is 11.6 Å². The van der Waals surface area contributed by atoms with E-state index in [1.807, 2.05) is 24.4 Å². The van der Waals surface area contributed by atoms with Crippen LogP contribution in [0.1, 0.15) is 12.0 Å². The second-order valence-corrected chi connectivity index (χ2v) is 7.50. The number of para-hydroxylation sites is 2. The zero-order chi connectivity index (χ0) is 20.9. The molecule has 30 heavy (non-hydrogen) atoms. The van der Waals surface area contributed by atoms with Gasteiger partial charge >= 0.3 is 0 Å². The minimum atomic E-state index is -0.213. The van der Waals surface area contributed by atoms with E-state index in [0.29, 0.717) is 12.6 Å². The molecule has 7 heteroatoms. The van der Waals surface area contributed by atoms with Crippen molar-refractivity contribution >= 4 is 22.5 Å². The average molecular weight is 410 g/mol. The Morgan fingerprint density at radius 2 is 2.17 bits per heavy atom. The van der Waals surface area contributed by atoms with Crippen LogP contribution in [0.5, 0.6) is 5.75 Å². The lowest BCUT2D eigenvalue weighted by atomic mass is 10.1. The maximum Gasteiger partial charge on any atom is 0.191 e. The standard InChI is InChI=1S/C23H28FN5O/c1-25-23(26-11-9-16-14-27-20-8-7-17(24)13-19(16)20)28-18-10-12-29(15-18)21-5-3-4-6-22(21)30-2/h3-8,13-14,18,27H,9-12,15H2,1-2H3,(H2,25,26,28). The summed E-state index contributed by atoms with van der Waals surface area (Å²) in [5, 5.41) is 7.83. The van der Waals surface area contributed by atoms with Crippen LogP contribution in [0.2, 0.25) is 0 Å². The van der Waals surface area contributed by atoms with E-state index in [1.165, 1.54) is 6.07 Å². The Labute approximate surface area is 176 Å². The van der Waals surface area contributed by atoms with Gasteiger partial charge in [-0.05, 0) is 48.7 Å². The number of ether oxygens (including phenoxy) is 1. The lowest BCUT2D eigenvalue weighted by molar-refractivity contribution is 0.415. The highest BCUT2D eigenvalue weighted by Gasteiger charge is 2.25. The minimum Gasteiger partial charge on any atom is -0.495 e. The second-order valence-electron chi connectivity index (χ2n) is 7.50. The highest BCUT2D eigenvalue weighted by molar-refractivity contribution is 5.83. The maximum absolute atomic E-state index is 13.6. The highest BCUT2D eigenvalue weighted by Crippen LogP contribution is 2.30. The second kappa shape index (κ2) is 9.07. The maximum atomic E-state index is 13.6. The third-order valence-electron chi connectivity index (χ3n) is 5.59. The molecule has 0 bridgehead atoms. The Morgan fingerprint density at radius 1 is 1.30 bits per heavy atom. The summed E-state index contributed by atoms with van der Waals surface area (Å²) in [6.07, 6.45) is 3.76. The lowest BCUT2D eigenvalue weighted by Gasteiger charge is -2.22. The zero-order valence-electron chi connectivity index (χ0n) is 17.4. The number of halogens is 1. The first kappa shape index (κ1) is 20.1. The Bertz CT molecular complexity index is 1030. The summed E-state index contributed by atoms with van der Waals surface area (Å²) < 4.78 is 19.1. The largest absolute Gasteiger partial charge is 0.495 e. The van der Waals surface area contributed by atoms with Crippen molar-refractivity contribution in [2.75, 3.05) is 38.7 Å². The number of benzene rings is 2. The van der Waals surface area contributed by atoms with Crippen molar-refractivity contribution in [3.05, 3.63) is 60.0 Å². The summed E-state index contributed by atoms with van der Waals surface area (Å²) in [7, 11) is 3.49. The number of aromatic nitrogens is 1. The number of aromatic amines is 1. The van der Waals surface area contributed by atoms with Crippen LogP contribution in [0.4, 0.5) is 10.1 Å². The van der Waals surface area contributed by atoms with Gasteiger partial charge in [0.2, 0.25) is 0 Å². The van der Waals surface area contributed by atoms with Gasteiger partial charge in [-0.1, -0.05) is 12.1 Å². The quantitative estimate of drug-likeness (QED) is 0.432.